The summed E-state index contributed by atoms with van der Waals surface area (Å²) in [6, 6.07) is 0. The van der Waals surface area contributed by atoms with Crippen LogP contribution in [0.25, 0.3) is 0 Å². The number of carbonyl (C=O) groups excluding carboxylic acids is 1. The van der Waals surface area contributed by atoms with Crippen molar-refractivity contribution in [2.75, 3.05) is 20.0 Å². The zero-order valence-electron chi connectivity index (χ0n) is 8.30. The molecule has 2 unspecified atom stereocenters. The van der Waals surface area contributed by atoms with Crippen LogP contribution in [-0.2, 0) is 14.2 Å². The molecule has 6 heteroatoms. The number of aliphatic hydroxyl groups is 2. The van der Waals surface area contributed by atoms with Gasteiger partial charge < -0.3 is 24.4 Å². The molecule has 0 rings (SSSR count). The first-order valence-electron chi connectivity index (χ1n) is 4.26. The van der Waals surface area contributed by atoms with Crippen LogP contribution in [0.3, 0.4) is 0 Å². The van der Waals surface area contributed by atoms with Gasteiger partial charge in [-0.3, -0.25) is 0 Å². The summed E-state index contributed by atoms with van der Waals surface area (Å²) in [5.74, 6) is 0. The van der Waals surface area contributed by atoms with Crippen molar-refractivity contribution in [3.63, 3.8) is 0 Å². The zero-order valence-corrected chi connectivity index (χ0v) is 8.30. The number of hydrogen-bond acceptors (Lipinski definition) is 6. The minimum Gasteiger partial charge on any atom is -0.431 e. The molecule has 84 valence electrons. The fourth-order valence-electron chi connectivity index (χ4n) is 0.631. The minimum atomic E-state index is -0.944. The molecule has 0 aliphatic heterocycles. The maximum Gasteiger partial charge on any atom is 0.510 e. The molecule has 0 aromatic carbocycles. The average Bonchev–Trinajstić information content (AvgIpc) is 2.12. The Hall–Kier alpha value is -0.850. The van der Waals surface area contributed by atoms with Crippen LogP contribution in [-0.4, -0.2) is 48.6 Å². The van der Waals surface area contributed by atoms with Gasteiger partial charge in [0.15, 0.2) is 6.79 Å². The first-order valence-corrected chi connectivity index (χ1v) is 4.26. The summed E-state index contributed by atoms with van der Waals surface area (Å²) in [7, 11) is 0. The van der Waals surface area contributed by atoms with Gasteiger partial charge in [0.05, 0.1) is 18.8 Å². The molecule has 0 bridgehead atoms. The Morgan fingerprint density at radius 1 is 1.29 bits per heavy atom. The quantitative estimate of drug-likeness (QED) is 0.467. The first-order chi connectivity index (χ1) is 6.56. The highest BCUT2D eigenvalue weighted by molar-refractivity contribution is 5.59. The molecular formula is C8H16O6. The monoisotopic (exact) mass is 208 g/mol. The van der Waals surface area contributed by atoms with Crippen LogP contribution in [0.1, 0.15) is 13.8 Å². The van der Waals surface area contributed by atoms with Crippen molar-refractivity contribution in [3.05, 3.63) is 0 Å². The third-order valence-corrected chi connectivity index (χ3v) is 1.24. The second kappa shape index (κ2) is 7.54. The van der Waals surface area contributed by atoms with Crippen molar-refractivity contribution in [1.82, 2.24) is 0 Å². The molecule has 2 N–H and O–H groups in total. The normalized spacial score (nSPS) is 14.6. The van der Waals surface area contributed by atoms with Crippen molar-refractivity contribution >= 4 is 6.16 Å². The summed E-state index contributed by atoms with van der Waals surface area (Å²) >= 11 is 0. The Bertz CT molecular complexity index is 158. The molecular weight excluding hydrogens is 192 g/mol. The highest BCUT2D eigenvalue weighted by Gasteiger charge is 2.08. The summed E-state index contributed by atoms with van der Waals surface area (Å²) in [6.07, 6.45) is -1.82. The Balaban J connectivity index is 3.43. The molecule has 0 amide bonds. The van der Waals surface area contributed by atoms with Crippen LogP contribution in [0.2, 0.25) is 0 Å². The first kappa shape index (κ1) is 13.2. The van der Waals surface area contributed by atoms with E-state index in [1.54, 1.807) is 13.8 Å². The third-order valence-electron chi connectivity index (χ3n) is 1.24. The maximum atomic E-state index is 10.6. The minimum absolute atomic E-state index is 0.0194. The number of ether oxygens (including phenoxy) is 3. The van der Waals surface area contributed by atoms with E-state index < -0.39 is 19.1 Å². The van der Waals surface area contributed by atoms with Crippen LogP contribution in [0.15, 0.2) is 0 Å². The van der Waals surface area contributed by atoms with Crippen LogP contribution < -0.4 is 0 Å². The highest BCUT2D eigenvalue weighted by atomic mass is 16.8. The number of carbonyl (C=O) groups is 1. The van der Waals surface area contributed by atoms with Gasteiger partial charge >= 0.3 is 6.16 Å². The van der Waals surface area contributed by atoms with E-state index in [2.05, 4.69) is 9.47 Å². The van der Waals surface area contributed by atoms with Crippen LogP contribution in [0, 0.1) is 0 Å². The van der Waals surface area contributed by atoms with E-state index in [-0.39, 0.29) is 19.3 Å². The summed E-state index contributed by atoms with van der Waals surface area (Å²) < 4.78 is 13.7. The van der Waals surface area contributed by atoms with Crippen molar-refractivity contribution in [2.24, 2.45) is 0 Å². The summed E-state index contributed by atoms with van der Waals surface area (Å²) in [5.41, 5.74) is 0. The Morgan fingerprint density at radius 3 is 2.43 bits per heavy atom. The Kier molecular flexibility index (Phi) is 7.09. The molecule has 0 radical (unpaired) electrons. The van der Waals surface area contributed by atoms with Gasteiger partial charge in [0.25, 0.3) is 0 Å². The van der Waals surface area contributed by atoms with Crippen molar-refractivity contribution in [1.29, 1.82) is 0 Å². The molecule has 0 saturated carbocycles. The van der Waals surface area contributed by atoms with Gasteiger partial charge in [-0.15, -0.1) is 0 Å². The summed E-state index contributed by atoms with van der Waals surface area (Å²) in [6.45, 7) is 2.77. The predicted octanol–water partition coefficient (Wildman–Crippen LogP) is -0.125. The Labute approximate surface area is 82.4 Å². The molecule has 0 aromatic heterocycles. The van der Waals surface area contributed by atoms with Gasteiger partial charge in [-0.05, 0) is 13.8 Å². The molecule has 14 heavy (non-hydrogen) atoms. The molecule has 0 aliphatic rings. The smallest absolute Gasteiger partial charge is 0.431 e. The lowest BCUT2D eigenvalue weighted by molar-refractivity contribution is -0.0475. The number of hydrogen-bond donors (Lipinski definition) is 2. The summed E-state index contributed by atoms with van der Waals surface area (Å²) in [4.78, 5) is 10.6. The molecule has 0 saturated heterocycles. The van der Waals surface area contributed by atoms with E-state index in [1.165, 1.54) is 0 Å². The lowest BCUT2D eigenvalue weighted by Crippen LogP contribution is -2.23. The molecule has 0 aromatic rings. The number of rotatable bonds is 6. The highest BCUT2D eigenvalue weighted by Crippen LogP contribution is 1.95. The lowest BCUT2D eigenvalue weighted by atomic mass is 10.4. The van der Waals surface area contributed by atoms with E-state index in [9.17, 15) is 4.79 Å². The van der Waals surface area contributed by atoms with Crippen LogP contribution in [0.5, 0.6) is 0 Å². The zero-order chi connectivity index (χ0) is 11.0. The summed E-state index contributed by atoms with van der Waals surface area (Å²) in [5, 5.41) is 17.1. The fraction of sp³-hybridized carbons (Fsp3) is 0.875. The van der Waals surface area contributed by atoms with E-state index in [4.69, 9.17) is 14.9 Å². The van der Waals surface area contributed by atoms with Gasteiger partial charge in [0.1, 0.15) is 6.61 Å². The van der Waals surface area contributed by atoms with Gasteiger partial charge in [0, 0.05) is 0 Å². The van der Waals surface area contributed by atoms with Gasteiger partial charge in [-0.1, -0.05) is 0 Å². The number of aliphatic hydroxyl groups excluding tert-OH is 2. The second-order valence-electron chi connectivity index (χ2n) is 2.83. The van der Waals surface area contributed by atoms with E-state index in [0.717, 1.165) is 0 Å². The molecule has 6 nitrogen and oxygen atoms in total. The molecule has 0 aliphatic carbocycles. The Morgan fingerprint density at radius 2 is 1.93 bits per heavy atom. The van der Waals surface area contributed by atoms with Gasteiger partial charge in [-0.2, -0.15) is 0 Å². The topological polar surface area (TPSA) is 85.2 Å². The largest absolute Gasteiger partial charge is 0.510 e. The van der Waals surface area contributed by atoms with E-state index >= 15 is 0 Å². The predicted molar refractivity (Wildman–Crippen MR) is 46.6 cm³/mol. The van der Waals surface area contributed by atoms with E-state index in [0.29, 0.717) is 0 Å². The van der Waals surface area contributed by atoms with Crippen LogP contribution >= 0.6 is 0 Å². The molecule has 0 fully saturated rings. The van der Waals surface area contributed by atoms with Crippen molar-refractivity contribution in [3.8, 4) is 0 Å². The van der Waals surface area contributed by atoms with Crippen LogP contribution in [0.4, 0.5) is 4.79 Å². The van der Waals surface area contributed by atoms with Gasteiger partial charge in [0.2, 0.25) is 0 Å². The standard InChI is InChI=1S/C8H16O6/c1-6(10)3-12-7(2)4-13-8(11)14-5-9/h6-7,9-10H,3-5H2,1-2H3. The molecule has 2 atom stereocenters. The molecule has 0 spiro atoms. The van der Waals surface area contributed by atoms with E-state index in [1.807, 2.05) is 0 Å². The average molecular weight is 208 g/mol. The third kappa shape index (κ3) is 7.78. The molecule has 0 heterocycles. The van der Waals surface area contributed by atoms with Crippen molar-refractivity contribution < 1.29 is 29.2 Å². The maximum absolute atomic E-state index is 10.6. The SMILES string of the molecule is CC(O)COC(C)COC(=O)OCO. The second-order valence-corrected chi connectivity index (χ2v) is 2.83. The van der Waals surface area contributed by atoms with Crippen molar-refractivity contribution in [2.45, 2.75) is 26.1 Å². The fourth-order valence-corrected chi connectivity index (χ4v) is 0.631. The lowest BCUT2D eigenvalue weighted by Gasteiger charge is -2.13. The van der Waals surface area contributed by atoms with Gasteiger partial charge in [-0.25, -0.2) is 4.79 Å².